The van der Waals surface area contributed by atoms with Crippen LogP contribution in [0.4, 0.5) is 11.4 Å². The van der Waals surface area contributed by atoms with E-state index >= 15 is 0 Å². The van der Waals surface area contributed by atoms with Crippen molar-refractivity contribution in [2.75, 3.05) is 10.0 Å². The van der Waals surface area contributed by atoms with Crippen molar-refractivity contribution in [3.63, 3.8) is 0 Å². The van der Waals surface area contributed by atoms with Crippen molar-refractivity contribution in [1.82, 2.24) is 9.78 Å². The summed E-state index contributed by atoms with van der Waals surface area (Å²) in [6.45, 7) is 0.591. The average Bonchev–Trinajstić information content (AvgIpc) is 3.27. The first-order valence-corrected chi connectivity index (χ1v) is 11.0. The number of hydrogen-bond donors (Lipinski definition) is 2. The van der Waals surface area contributed by atoms with Crippen LogP contribution < -0.4 is 10.0 Å². The number of amides is 1. The minimum absolute atomic E-state index is 0.152. The average molecular weight is 433 g/mol. The zero-order valence-electron chi connectivity index (χ0n) is 16.5. The van der Waals surface area contributed by atoms with Gasteiger partial charge in [0, 0.05) is 29.3 Å². The molecule has 0 spiro atoms. The van der Waals surface area contributed by atoms with Gasteiger partial charge in [-0.15, -0.1) is 0 Å². The molecule has 1 aromatic heterocycles. The van der Waals surface area contributed by atoms with E-state index in [1.54, 1.807) is 53.3 Å². The molecule has 31 heavy (non-hydrogen) atoms. The Morgan fingerprint density at radius 1 is 0.871 bits per heavy atom. The number of rotatable bonds is 7. The highest BCUT2D eigenvalue weighted by Crippen LogP contribution is 2.19. The Morgan fingerprint density at radius 3 is 2.42 bits per heavy atom. The van der Waals surface area contributed by atoms with E-state index in [0.717, 1.165) is 5.56 Å². The zero-order chi connectivity index (χ0) is 21.7. The van der Waals surface area contributed by atoms with E-state index in [4.69, 9.17) is 0 Å². The molecule has 3 aromatic carbocycles. The maximum absolute atomic E-state index is 12.7. The van der Waals surface area contributed by atoms with Gasteiger partial charge >= 0.3 is 0 Å². The standard InChI is InChI=1S/C23H20N4O3S/c28-23(25-20-9-4-7-18(15-20)17-27-14-6-13-24-27)19-8-5-10-21(16-19)26-31(29,30)22-11-2-1-3-12-22/h1-16,26H,17H2,(H,25,28). The van der Waals surface area contributed by atoms with Gasteiger partial charge in [0.25, 0.3) is 15.9 Å². The monoisotopic (exact) mass is 432 g/mol. The molecule has 0 saturated heterocycles. The summed E-state index contributed by atoms with van der Waals surface area (Å²) in [5.74, 6) is -0.336. The van der Waals surface area contributed by atoms with E-state index in [1.165, 1.54) is 18.2 Å². The number of hydrogen-bond acceptors (Lipinski definition) is 4. The summed E-state index contributed by atoms with van der Waals surface area (Å²) in [6, 6.07) is 23.8. The van der Waals surface area contributed by atoms with Crippen LogP contribution in [0.15, 0.2) is 102 Å². The van der Waals surface area contributed by atoms with Gasteiger partial charge in [-0.25, -0.2) is 8.42 Å². The van der Waals surface area contributed by atoms with Crippen LogP contribution in [0.5, 0.6) is 0 Å². The lowest BCUT2D eigenvalue weighted by Crippen LogP contribution is -2.15. The predicted molar refractivity (Wildman–Crippen MR) is 119 cm³/mol. The van der Waals surface area contributed by atoms with E-state index in [9.17, 15) is 13.2 Å². The van der Waals surface area contributed by atoms with Crippen molar-refractivity contribution in [2.24, 2.45) is 0 Å². The zero-order valence-corrected chi connectivity index (χ0v) is 17.3. The summed E-state index contributed by atoms with van der Waals surface area (Å²) in [6.07, 6.45) is 3.58. The molecule has 0 radical (unpaired) electrons. The van der Waals surface area contributed by atoms with Crippen LogP contribution in [-0.4, -0.2) is 24.1 Å². The normalized spacial score (nSPS) is 11.1. The molecule has 2 N–H and O–H groups in total. The molecule has 0 bridgehead atoms. The molecule has 0 aliphatic carbocycles. The second-order valence-electron chi connectivity index (χ2n) is 6.86. The molecule has 8 heteroatoms. The van der Waals surface area contributed by atoms with Crippen LogP contribution in [0.3, 0.4) is 0 Å². The summed E-state index contributed by atoms with van der Waals surface area (Å²) in [5, 5.41) is 7.04. The second kappa shape index (κ2) is 8.85. The fourth-order valence-corrected chi connectivity index (χ4v) is 4.14. The first-order valence-electron chi connectivity index (χ1n) is 9.55. The largest absolute Gasteiger partial charge is 0.322 e. The lowest BCUT2D eigenvalue weighted by Gasteiger charge is -2.11. The lowest BCUT2D eigenvalue weighted by atomic mass is 10.1. The van der Waals surface area contributed by atoms with Crippen LogP contribution in [-0.2, 0) is 16.6 Å². The lowest BCUT2D eigenvalue weighted by molar-refractivity contribution is 0.102. The number of aromatic nitrogens is 2. The maximum atomic E-state index is 12.7. The highest BCUT2D eigenvalue weighted by Gasteiger charge is 2.15. The van der Waals surface area contributed by atoms with Crippen molar-refractivity contribution in [3.8, 4) is 0 Å². The second-order valence-corrected chi connectivity index (χ2v) is 8.54. The van der Waals surface area contributed by atoms with Crippen LogP contribution >= 0.6 is 0 Å². The number of benzene rings is 3. The molecule has 1 heterocycles. The summed E-state index contributed by atoms with van der Waals surface area (Å²) < 4.78 is 29.4. The number of anilines is 2. The van der Waals surface area contributed by atoms with Crippen LogP contribution in [0, 0.1) is 0 Å². The van der Waals surface area contributed by atoms with Crippen molar-refractivity contribution in [1.29, 1.82) is 0 Å². The highest BCUT2D eigenvalue weighted by molar-refractivity contribution is 7.92. The molecular weight excluding hydrogens is 412 g/mol. The van der Waals surface area contributed by atoms with Crippen molar-refractivity contribution in [3.05, 3.63) is 108 Å². The van der Waals surface area contributed by atoms with Crippen LogP contribution in [0.2, 0.25) is 0 Å². The minimum atomic E-state index is -3.74. The fraction of sp³-hybridized carbons (Fsp3) is 0.0435. The van der Waals surface area contributed by atoms with Gasteiger partial charge in [-0.05, 0) is 54.1 Å². The van der Waals surface area contributed by atoms with Gasteiger partial charge in [-0.1, -0.05) is 36.4 Å². The Balaban J connectivity index is 1.47. The summed E-state index contributed by atoms with van der Waals surface area (Å²) in [5.41, 5.74) is 2.28. The van der Waals surface area contributed by atoms with Crippen molar-refractivity contribution in [2.45, 2.75) is 11.4 Å². The van der Waals surface area contributed by atoms with E-state index in [1.807, 2.05) is 30.5 Å². The molecular formula is C23H20N4O3S. The first-order chi connectivity index (χ1) is 15.0. The Labute approximate surface area is 180 Å². The molecule has 0 aliphatic heterocycles. The summed E-state index contributed by atoms with van der Waals surface area (Å²) in [7, 11) is -3.74. The van der Waals surface area contributed by atoms with Gasteiger partial charge in [0.1, 0.15) is 0 Å². The summed E-state index contributed by atoms with van der Waals surface area (Å²) >= 11 is 0. The highest BCUT2D eigenvalue weighted by atomic mass is 32.2. The topological polar surface area (TPSA) is 93.1 Å². The molecule has 0 fully saturated rings. The molecule has 1 amide bonds. The number of sulfonamides is 1. The van der Waals surface area contributed by atoms with E-state index in [0.29, 0.717) is 23.5 Å². The van der Waals surface area contributed by atoms with Gasteiger partial charge in [0.15, 0.2) is 0 Å². The van der Waals surface area contributed by atoms with Gasteiger partial charge in [-0.3, -0.25) is 14.2 Å². The quantitative estimate of drug-likeness (QED) is 0.462. The molecule has 7 nitrogen and oxygen atoms in total. The Morgan fingerprint density at radius 2 is 1.65 bits per heavy atom. The Hall–Kier alpha value is -3.91. The van der Waals surface area contributed by atoms with Gasteiger partial charge in [0.05, 0.1) is 11.4 Å². The smallest absolute Gasteiger partial charge is 0.261 e. The third kappa shape index (κ3) is 5.18. The third-order valence-corrected chi connectivity index (χ3v) is 5.92. The van der Waals surface area contributed by atoms with Crippen LogP contribution in [0.1, 0.15) is 15.9 Å². The van der Waals surface area contributed by atoms with Gasteiger partial charge < -0.3 is 5.32 Å². The summed E-state index contributed by atoms with van der Waals surface area (Å²) in [4.78, 5) is 12.9. The van der Waals surface area contributed by atoms with Crippen LogP contribution in [0.25, 0.3) is 0 Å². The number of nitrogens with one attached hydrogen (secondary N) is 2. The van der Waals surface area contributed by atoms with E-state index in [-0.39, 0.29) is 10.8 Å². The number of carbonyl (C=O) groups is 1. The first kappa shape index (κ1) is 20.4. The van der Waals surface area contributed by atoms with Gasteiger partial charge in [0.2, 0.25) is 0 Å². The molecule has 0 atom stereocenters. The molecule has 156 valence electrons. The molecule has 0 saturated carbocycles. The van der Waals surface area contributed by atoms with E-state index in [2.05, 4.69) is 15.1 Å². The Kier molecular flexibility index (Phi) is 5.81. The fourth-order valence-electron chi connectivity index (χ4n) is 3.07. The minimum Gasteiger partial charge on any atom is -0.322 e. The third-order valence-electron chi connectivity index (χ3n) is 4.52. The van der Waals surface area contributed by atoms with Crippen molar-refractivity contribution < 1.29 is 13.2 Å². The van der Waals surface area contributed by atoms with E-state index < -0.39 is 10.0 Å². The van der Waals surface area contributed by atoms with Crippen molar-refractivity contribution >= 4 is 27.3 Å². The molecule has 0 unspecified atom stereocenters. The molecule has 0 aliphatic rings. The Bertz CT molecular complexity index is 1290. The SMILES string of the molecule is O=C(Nc1cccc(Cn2cccn2)c1)c1cccc(NS(=O)(=O)c2ccccc2)c1. The maximum Gasteiger partial charge on any atom is 0.261 e. The predicted octanol–water partition coefficient (Wildman–Crippen LogP) is 3.98. The molecule has 4 aromatic rings. The van der Waals surface area contributed by atoms with Gasteiger partial charge in [-0.2, -0.15) is 5.10 Å². The number of carbonyl (C=O) groups excluding carboxylic acids is 1. The molecule has 4 rings (SSSR count). The number of nitrogens with zero attached hydrogens (tertiary/aromatic N) is 2.